The molecule has 1 atom stereocenters. The Bertz CT molecular complexity index is 579. The van der Waals surface area contributed by atoms with Gasteiger partial charge >= 0.3 is 0 Å². The smallest absolute Gasteiger partial charge is 0.244 e. The van der Waals surface area contributed by atoms with E-state index < -0.39 is 0 Å². The molecule has 2 aromatic rings. The zero-order chi connectivity index (χ0) is 14.9. The van der Waals surface area contributed by atoms with Gasteiger partial charge in [0.05, 0.1) is 6.04 Å². The lowest BCUT2D eigenvalue weighted by Gasteiger charge is -2.17. The highest BCUT2D eigenvalue weighted by molar-refractivity contribution is 5.91. The van der Waals surface area contributed by atoms with Crippen molar-refractivity contribution in [1.29, 1.82) is 0 Å². The number of amides is 1. The maximum atomic E-state index is 12.0. The molecule has 0 saturated carbocycles. The average molecular weight is 281 g/mol. The van der Waals surface area contributed by atoms with Crippen molar-refractivity contribution in [2.45, 2.75) is 12.5 Å². The molecule has 0 aromatic heterocycles. The average Bonchev–Trinajstić information content (AvgIpc) is 2.54. The van der Waals surface area contributed by atoms with E-state index in [4.69, 9.17) is 5.11 Å². The molecule has 0 spiro atoms. The second-order valence-corrected chi connectivity index (χ2v) is 4.73. The van der Waals surface area contributed by atoms with Gasteiger partial charge in [0.25, 0.3) is 0 Å². The van der Waals surface area contributed by atoms with E-state index in [1.165, 1.54) is 6.08 Å². The van der Waals surface area contributed by atoms with Gasteiger partial charge in [-0.05, 0) is 23.6 Å². The fourth-order valence-electron chi connectivity index (χ4n) is 2.09. The van der Waals surface area contributed by atoms with Crippen molar-refractivity contribution in [3.05, 3.63) is 77.9 Å². The molecule has 0 aliphatic carbocycles. The minimum Gasteiger partial charge on any atom is -0.396 e. The van der Waals surface area contributed by atoms with E-state index in [0.717, 1.165) is 11.1 Å². The van der Waals surface area contributed by atoms with Gasteiger partial charge in [0, 0.05) is 12.7 Å². The summed E-state index contributed by atoms with van der Waals surface area (Å²) in [5.41, 5.74) is 1.97. The van der Waals surface area contributed by atoms with Crippen LogP contribution in [0.4, 0.5) is 0 Å². The van der Waals surface area contributed by atoms with Gasteiger partial charge in [0.2, 0.25) is 5.91 Å². The van der Waals surface area contributed by atoms with Gasteiger partial charge in [0.1, 0.15) is 0 Å². The van der Waals surface area contributed by atoms with E-state index in [9.17, 15) is 4.79 Å². The minimum absolute atomic E-state index is 0.0300. The molecule has 3 nitrogen and oxygen atoms in total. The first kappa shape index (κ1) is 15.0. The molecule has 1 amide bonds. The van der Waals surface area contributed by atoms with Crippen molar-refractivity contribution < 1.29 is 9.90 Å². The third-order valence-corrected chi connectivity index (χ3v) is 3.16. The van der Waals surface area contributed by atoms with Crippen LogP contribution in [0.2, 0.25) is 0 Å². The Hall–Kier alpha value is -2.39. The molecule has 0 heterocycles. The van der Waals surface area contributed by atoms with Crippen LogP contribution in [0, 0.1) is 0 Å². The van der Waals surface area contributed by atoms with Crippen LogP contribution in [0.1, 0.15) is 23.6 Å². The Kier molecular flexibility index (Phi) is 5.73. The van der Waals surface area contributed by atoms with Crippen molar-refractivity contribution in [3.63, 3.8) is 0 Å². The number of hydrogen-bond donors (Lipinski definition) is 2. The van der Waals surface area contributed by atoms with Crippen LogP contribution >= 0.6 is 0 Å². The van der Waals surface area contributed by atoms with Crippen molar-refractivity contribution in [1.82, 2.24) is 5.32 Å². The van der Waals surface area contributed by atoms with Gasteiger partial charge in [-0.25, -0.2) is 0 Å². The second-order valence-electron chi connectivity index (χ2n) is 4.73. The summed E-state index contributed by atoms with van der Waals surface area (Å²) in [6, 6.07) is 19.1. The van der Waals surface area contributed by atoms with E-state index >= 15 is 0 Å². The molecular formula is C18H19NO2. The molecule has 21 heavy (non-hydrogen) atoms. The zero-order valence-electron chi connectivity index (χ0n) is 11.8. The first-order valence-corrected chi connectivity index (χ1v) is 6.99. The highest BCUT2D eigenvalue weighted by atomic mass is 16.3. The van der Waals surface area contributed by atoms with Gasteiger partial charge in [-0.15, -0.1) is 0 Å². The maximum absolute atomic E-state index is 12.0. The first-order valence-electron chi connectivity index (χ1n) is 6.99. The molecule has 0 fully saturated rings. The molecule has 0 radical (unpaired) electrons. The second kappa shape index (κ2) is 8.02. The summed E-state index contributed by atoms with van der Waals surface area (Å²) in [5, 5.41) is 12.1. The number of aliphatic hydroxyl groups excluding tert-OH is 1. The maximum Gasteiger partial charge on any atom is 0.244 e. The third-order valence-electron chi connectivity index (χ3n) is 3.16. The molecule has 0 aliphatic heterocycles. The fraction of sp³-hybridized carbons (Fsp3) is 0.167. The quantitative estimate of drug-likeness (QED) is 0.800. The topological polar surface area (TPSA) is 49.3 Å². The molecule has 0 saturated heterocycles. The van der Waals surface area contributed by atoms with Crippen molar-refractivity contribution in [3.8, 4) is 0 Å². The van der Waals surface area contributed by atoms with Crippen LogP contribution in [-0.4, -0.2) is 17.6 Å². The lowest BCUT2D eigenvalue weighted by atomic mass is 10.0. The summed E-state index contributed by atoms with van der Waals surface area (Å²) in [6.45, 7) is 0.0300. The Labute approximate surface area is 124 Å². The molecule has 0 bridgehead atoms. The number of nitrogens with one attached hydrogen (secondary N) is 1. The van der Waals surface area contributed by atoms with E-state index in [2.05, 4.69) is 5.32 Å². The number of carbonyl (C=O) groups is 1. The van der Waals surface area contributed by atoms with Crippen LogP contribution in [0.5, 0.6) is 0 Å². The van der Waals surface area contributed by atoms with Crippen LogP contribution in [0.25, 0.3) is 6.08 Å². The lowest BCUT2D eigenvalue weighted by molar-refractivity contribution is -0.117. The van der Waals surface area contributed by atoms with Gasteiger partial charge in [0.15, 0.2) is 0 Å². The Morgan fingerprint density at radius 3 is 2.29 bits per heavy atom. The summed E-state index contributed by atoms with van der Waals surface area (Å²) >= 11 is 0. The van der Waals surface area contributed by atoms with Crippen molar-refractivity contribution in [2.75, 3.05) is 6.61 Å². The highest BCUT2D eigenvalue weighted by Crippen LogP contribution is 2.16. The number of aliphatic hydroxyl groups is 1. The fourth-order valence-corrected chi connectivity index (χ4v) is 2.09. The highest BCUT2D eigenvalue weighted by Gasteiger charge is 2.12. The third kappa shape index (κ3) is 4.89. The number of carbonyl (C=O) groups excluding carboxylic acids is 1. The van der Waals surface area contributed by atoms with Crippen LogP contribution in [-0.2, 0) is 4.79 Å². The molecule has 2 rings (SSSR count). The van der Waals surface area contributed by atoms with E-state index in [-0.39, 0.29) is 18.6 Å². The largest absolute Gasteiger partial charge is 0.396 e. The summed E-state index contributed by atoms with van der Waals surface area (Å²) in [7, 11) is 0. The van der Waals surface area contributed by atoms with Crippen molar-refractivity contribution in [2.24, 2.45) is 0 Å². The monoisotopic (exact) mass is 281 g/mol. The predicted octanol–water partition coefficient (Wildman–Crippen LogP) is 2.94. The zero-order valence-corrected chi connectivity index (χ0v) is 11.8. The summed E-state index contributed by atoms with van der Waals surface area (Å²) in [6.07, 6.45) is 3.79. The normalized spacial score (nSPS) is 12.2. The van der Waals surface area contributed by atoms with Crippen LogP contribution < -0.4 is 5.32 Å². The SMILES string of the molecule is O=C(/C=C/c1ccccc1)NC(CCO)c1ccccc1. The molecule has 108 valence electrons. The van der Waals surface area contributed by atoms with Crippen molar-refractivity contribution >= 4 is 12.0 Å². The molecular weight excluding hydrogens is 262 g/mol. The summed E-state index contributed by atoms with van der Waals surface area (Å²) in [5.74, 6) is -0.166. The predicted molar refractivity (Wildman–Crippen MR) is 84.5 cm³/mol. The number of rotatable bonds is 6. The van der Waals surface area contributed by atoms with E-state index in [1.807, 2.05) is 60.7 Å². The first-order chi connectivity index (χ1) is 10.3. The Morgan fingerprint density at radius 1 is 1.05 bits per heavy atom. The molecule has 2 N–H and O–H groups in total. The lowest BCUT2D eigenvalue weighted by Crippen LogP contribution is -2.27. The Morgan fingerprint density at radius 2 is 1.67 bits per heavy atom. The van der Waals surface area contributed by atoms with E-state index in [0.29, 0.717) is 6.42 Å². The van der Waals surface area contributed by atoms with Gasteiger partial charge < -0.3 is 10.4 Å². The molecule has 1 unspecified atom stereocenters. The van der Waals surface area contributed by atoms with Gasteiger partial charge in [-0.3, -0.25) is 4.79 Å². The summed E-state index contributed by atoms with van der Waals surface area (Å²) < 4.78 is 0. The van der Waals surface area contributed by atoms with Crippen LogP contribution in [0.3, 0.4) is 0 Å². The standard InChI is InChI=1S/C18H19NO2/c20-14-13-17(16-9-5-2-6-10-16)19-18(21)12-11-15-7-3-1-4-8-15/h1-12,17,20H,13-14H2,(H,19,21)/b12-11+. The Balaban J connectivity index is 2.00. The van der Waals surface area contributed by atoms with Gasteiger partial charge in [-0.2, -0.15) is 0 Å². The van der Waals surface area contributed by atoms with Gasteiger partial charge in [-0.1, -0.05) is 60.7 Å². The molecule has 0 aliphatic rings. The van der Waals surface area contributed by atoms with Crippen LogP contribution in [0.15, 0.2) is 66.7 Å². The number of benzene rings is 2. The summed E-state index contributed by atoms with van der Waals surface area (Å²) in [4.78, 5) is 12.0. The molecule has 2 aromatic carbocycles. The minimum atomic E-state index is -0.177. The molecule has 3 heteroatoms. The number of hydrogen-bond acceptors (Lipinski definition) is 2. The van der Waals surface area contributed by atoms with E-state index in [1.54, 1.807) is 6.08 Å².